The molecule has 0 N–H and O–H groups in total. The van der Waals surface area contributed by atoms with Crippen LogP contribution in [0.2, 0.25) is 0 Å². The van der Waals surface area contributed by atoms with Gasteiger partial charge in [-0.15, -0.1) is 10.2 Å². The second kappa shape index (κ2) is 7.72. The van der Waals surface area contributed by atoms with E-state index in [0.717, 1.165) is 33.7 Å². The van der Waals surface area contributed by atoms with E-state index in [4.69, 9.17) is 0 Å². The molecule has 3 heterocycles. The van der Waals surface area contributed by atoms with Crippen LogP contribution in [-0.4, -0.2) is 24.7 Å². The maximum absolute atomic E-state index is 4.47. The maximum Gasteiger partial charge on any atom is 0.196 e. The molecule has 1 aromatic carbocycles. The molecule has 0 bridgehead atoms. The van der Waals surface area contributed by atoms with Crippen LogP contribution in [0.5, 0.6) is 0 Å². The van der Waals surface area contributed by atoms with Gasteiger partial charge in [0.1, 0.15) is 0 Å². The van der Waals surface area contributed by atoms with Crippen LogP contribution in [0.1, 0.15) is 16.8 Å². The lowest BCUT2D eigenvalue weighted by molar-refractivity contribution is 0.883. The zero-order valence-electron chi connectivity index (χ0n) is 15.2. The molecular weight excluding hydrogens is 354 g/mol. The molecule has 134 valence electrons. The molecule has 27 heavy (non-hydrogen) atoms. The zero-order valence-corrected chi connectivity index (χ0v) is 16.0. The number of thioether (sulfide) groups is 1. The Morgan fingerprint density at radius 1 is 0.889 bits per heavy atom. The SMILES string of the molecule is Cc1ccc(-n2c(SCc3ccccn3)nnc2-c2ccncc2)cc1C. The minimum Gasteiger partial charge on any atom is -0.270 e. The van der Waals surface area contributed by atoms with Gasteiger partial charge in [-0.25, -0.2) is 0 Å². The van der Waals surface area contributed by atoms with Crippen molar-refractivity contribution in [1.82, 2.24) is 24.7 Å². The maximum atomic E-state index is 4.47. The number of pyridine rings is 2. The van der Waals surface area contributed by atoms with Gasteiger partial charge in [0.2, 0.25) is 0 Å². The second-order valence-corrected chi connectivity index (χ2v) is 7.20. The number of aromatic nitrogens is 5. The number of hydrogen-bond acceptors (Lipinski definition) is 5. The molecule has 0 saturated heterocycles. The normalized spacial score (nSPS) is 10.9. The van der Waals surface area contributed by atoms with E-state index in [0.29, 0.717) is 0 Å². The van der Waals surface area contributed by atoms with Gasteiger partial charge >= 0.3 is 0 Å². The second-order valence-electron chi connectivity index (χ2n) is 6.26. The van der Waals surface area contributed by atoms with Crippen LogP contribution in [0.4, 0.5) is 0 Å². The molecule has 3 aromatic heterocycles. The van der Waals surface area contributed by atoms with E-state index in [-0.39, 0.29) is 0 Å². The standard InChI is InChI=1S/C21H19N5S/c1-15-6-7-19(13-16(15)2)26-20(17-8-11-22-12-9-17)24-25-21(26)27-14-18-5-3-4-10-23-18/h3-13H,14H2,1-2H3. The van der Waals surface area contributed by atoms with Crippen molar-refractivity contribution in [2.24, 2.45) is 0 Å². The minimum absolute atomic E-state index is 0.736. The summed E-state index contributed by atoms with van der Waals surface area (Å²) in [5.41, 5.74) is 5.56. The van der Waals surface area contributed by atoms with E-state index >= 15 is 0 Å². The monoisotopic (exact) mass is 373 g/mol. The lowest BCUT2D eigenvalue weighted by Crippen LogP contribution is -2.01. The zero-order chi connectivity index (χ0) is 18.6. The molecule has 0 fully saturated rings. The van der Waals surface area contributed by atoms with Crippen molar-refractivity contribution >= 4 is 11.8 Å². The van der Waals surface area contributed by atoms with Crippen LogP contribution in [-0.2, 0) is 5.75 Å². The summed E-state index contributed by atoms with van der Waals surface area (Å²) in [5.74, 6) is 1.55. The summed E-state index contributed by atoms with van der Waals surface area (Å²) in [6.45, 7) is 4.24. The first-order valence-electron chi connectivity index (χ1n) is 8.68. The largest absolute Gasteiger partial charge is 0.270 e. The molecule has 0 saturated carbocycles. The molecule has 0 aliphatic heterocycles. The van der Waals surface area contributed by atoms with Crippen molar-refractivity contribution in [3.8, 4) is 17.1 Å². The summed E-state index contributed by atoms with van der Waals surface area (Å²) >= 11 is 1.63. The van der Waals surface area contributed by atoms with Gasteiger partial charge < -0.3 is 0 Å². The molecule has 0 spiro atoms. The number of nitrogens with zero attached hydrogens (tertiary/aromatic N) is 5. The van der Waals surface area contributed by atoms with E-state index in [9.17, 15) is 0 Å². The fourth-order valence-corrected chi connectivity index (χ4v) is 3.64. The van der Waals surface area contributed by atoms with Crippen LogP contribution >= 0.6 is 11.8 Å². The Hall–Kier alpha value is -2.99. The van der Waals surface area contributed by atoms with Crippen molar-refractivity contribution in [1.29, 1.82) is 0 Å². The summed E-state index contributed by atoms with van der Waals surface area (Å²) < 4.78 is 2.11. The van der Waals surface area contributed by atoms with Gasteiger partial charge in [-0.3, -0.25) is 14.5 Å². The smallest absolute Gasteiger partial charge is 0.196 e. The predicted molar refractivity (Wildman–Crippen MR) is 108 cm³/mol. The van der Waals surface area contributed by atoms with Gasteiger partial charge in [0, 0.05) is 29.9 Å². The fourth-order valence-electron chi connectivity index (χ4n) is 2.77. The molecule has 4 rings (SSSR count). The Balaban J connectivity index is 1.77. The van der Waals surface area contributed by atoms with Crippen molar-refractivity contribution in [3.63, 3.8) is 0 Å². The third kappa shape index (κ3) is 3.75. The molecular formula is C21H19N5S. The third-order valence-electron chi connectivity index (χ3n) is 4.40. The lowest BCUT2D eigenvalue weighted by Gasteiger charge is -2.12. The van der Waals surface area contributed by atoms with E-state index in [1.54, 1.807) is 24.2 Å². The van der Waals surface area contributed by atoms with Crippen molar-refractivity contribution in [2.45, 2.75) is 24.8 Å². The molecule has 5 nitrogen and oxygen atoms in total. The minimum atomic E-state index is 0.736. The summed E-state index contributed by atoms with van der Waals surface area (Å²) in [6, 6.07) is 16.3. The van der Waals surface area contributed by atoms with E-state index in [1.165, 1.54) is 11.1 Å². The van der Waals surface area contributed by atoms with Gasteiger partial charge in [-0.05, 0) is 61.4 Å². The highest BCUT2D eigenvalue weighted by atomic mass is 32.2. The molecule has 0 atom stereocenters. The van der Waals surface area contributed by atoms with Crippen molar-refractivity contribution in [3.05, 3.63) is 83.9 Å². The van der Waals surface area contributed by atoms with Gasteiger partial charge in [-0.1, -0.05) is 23.9 Å². The van der Waals surface area contributed by atoms with Crippen LogP contribution in [0.3, 0.4) is 0 Å². The Kier molecular flexibility index (Phi) is 4.98. The summed E-state index contributed by atoms with van der Waals surface area (Å²) in [7, 11) is 0. The van der Waals surface area contributed by atoms with Crippen molar-refractivity contribution in [2.75, 3.05) is 0 Å². The first kappa shape index (κ1) is 17.4. The Bertz CT molecular complexity index is 1040. The van der Waals surface area contributed by atoms with Crippen LogP contribution in [0, 0.1) is 13.8 Å². The fraction of sp³-hybridized carbons (Fsp3) is 0.143. The highest BCUT2D eigenvalue weighted by molar-refractivity contribution is 7.98. The molecule has 0 amide bonds. The van der Waals surface area contributed by atoms with Gasteiger partial charge in [0.15, 0.2) is 11.0 Å². The number of rotatable bonds is 5. The van der Waals surface area contributed by atoms with Gasteiger partial charge in [0.05, 0.1) is 11.4 Å². The van der Waals surface area contributed by atoms with Crippen molar-refractivity contribution < 1.29 is 0 Å². The summed E-state index contributed by atoms with van der Waals surface area (Å²) in [4.78, 5) is 8.51. The van der Waals surface area contributed by atoms with Crippen LogP contribution in [0.15, 0.2) is 72.3 Å². The predicted octanol–water partition coefficient (Wildman–Crippen LogP) is 4.63. The van der Waals surface area contributed by atoms with Gasteiger partial charge in [-0.2, -0.15) is 0 Å². The molecule has 0 aliphatic rings. The highest BCUT2D eigenvalue weighted by Crippen LogP contribution is 2.30. The van der Waals surface area contributed by atoms with Crippen LogP contribution in [0.25, 0.3) is 17.1 Å². The Morgan fingerprint density at radius 3 is 2.48 bits per heavy atom. The highest BCUT2D eigenvalue weighted by Gasteiger charge is 2.16. The first-order chi connectivity index (χ1) is 13.2. The Labute approximate surface area is 162 Å². The summed E-state index contributed by atoms with van der Waals surface area (Å²) in [6.07, 6.45) is 5.36. The molecule has 6 heteroatoms. The summed E-state index contributed by atoms with van der Waals surface area (Å²) in [5, 5.41) is 9.78. The molecule has 0 aliphatic carbocycles. The molecule has 4 aromatic rings. The quantitative estimate of drug-likeness (QED) is 0.477. The van der Waals surface area contributed by atoms with E-state index < -0.39 is 0 Å². The lowest BCUT2D eigenvalue weighted by atomic mass is 10.1. The average Bonchev–Trinajstić information content (AvgIpc) is 3.14. The topological polar surface area (TPSA) is 56.5 Å². The number of hydrogen-bond donors (Lipinski definition) is 0. The number of benzene rings is 1. The molecule has 0 radical (unpaired) electrons. The third-order valence-corrected chi connectivity index (χ3v) is 5.36. The van der Waals surface area contributed by atoms with E-state index in [2.05, 4.69) is 56.8 Å². The van der Waals surface area contributed by atoms with Crippen LogP contribution < -0.4 is 0 Å². The Morgan fingerprint density at radius 2 is 1.74 bits per heavy atom. The number of aryl methyl sites for hydroxylation is 2. The average molecular weight is 373 g/mol. The molecule has 0 unspecified atom stereocenters. The first-order valence-corrected chi connectivity index (χ1v) is 9.67. The van der Waals surface area contributed by atoms with E-state index in [1.807, 2.05) is 36.5 Å². The van der Waals surface area contributed by atoms with Gasteiger partial charge in [0.25, 0.3) is 0 Å².